The van der Waals surface area contributed by atoms with Crippen molar-refractivity contribution in [2.45, 2.75) is 31.6 Å². The van der Waals surface area contributed by atoms with E-state index in [2.05, 4.69) is 4.98 Å². The standard InChI is InChI=1S/C15H19NO4S/c1-3-10(15(17)18)7-11-9-16-14-6-5-12(8-13(11)14)21(19,20)4-2/h5-6,8-10,16H,3-4,7H2,1-2H3,(H,17,18). The highest BCUT2D eigenvalue weighted by Crippen LogP contribution is 2.25. The first-order valence-corrected chi connectivity index (χ1v) is 8.59. The van der Waals surface area contributed by atoms with Gasteiger partial charge in [0, 0.05) is 17.1 Å². The number of sulfone groups is 1. The second-order valence-corrected chi connectivity index (χ2v) is 7.35. The van der Waals surface area contributed by atoms with Crippen LogP contribution in [0.5, 0.6) is 0 Å². The number of H-pyrrole nitrogens is 1. The summed E-state index contributed by atoms with van der Waals surface area (Å²) < 4.78 is 23.9. The van der Waals surface area contributed by atoms with E-state index < -0.39 is 21.7 Å². The van der Waals surface area contributed by atoms with E-state index in [9.17, 15) is 13.2 Å². The first kappa shape index (κ1) is 15.6. The average Bonchev–Trinajstić information content (AvgIpc) is 2.86. The summed E-state index contributed by atoms with van der Waals surface area (Å²) >= 11 is 0. The van der Waals surface area contributed by atoms with Gasteiger partial charge >= 0.3 is 5.97 Å². The van der Waals surface area contributed by atoms with E-state index >= 15 is 0 Å². The molecule has 2 N–H and O–H groups in total. The van der Waals surface area contributed by atoms with E-state index in [0.717, 1.165) is 16.5 Å². The van der Waals surface area contributed by atoms with Crippen molar-refractivity contribution in [1.29, 1.82) is 0 Å². The van der Waals surface area contributed by atoms with Crippen LogP contribution in [0.3, 0.4) is 0 Å². The lowest BCUT2D eigenvalue weighted by Gasteiger charge is -2.09. The van der Waals surface area contributed by atoms with Gasteiger partial charge in [-0.1, -0.05) is 13.8 Å². The molecule has 114 valence electrons. The largest absolute Gasteiger partial charge is 0.481 e. The lowest BCUT2D eigenvalue weighted by Crippen LogP contribution is -2.15. The quantitative estimate of drug-likeness (QED) is 0.858. The predicted molar refractivity (Wildman–Crippen MR) is 81.1 cm³/mol. The SMILES string of the molecule is CCC(Cc1c[nH]c2ccc(S(=O)(=O)CC)cc12)C(=O)O. The second kappa shape index (κ2) is 5.89. The summed E-state index contributed by atoms with van der Waals surface area (Å²) in [5.41, 5.74) is 1.66. The number of carboxylic acid groups (broad SMARTS) is 1. The third-order valence-electron chi connectivity index (χ3n) is 3.79. The van der Waals surface area contributed by atoms with Crippen molar-refractivity contribution in [3.8, 4) is 0 Å². The summed E-state index contributed by atoms with van der Waals surface area (Å²) in [6.07, 6.45) is 2.69. The molecule has 0 amide bonds. The molecule has 0 saturated heterocycles. The molecular weight excluding hydrogens is 290 g/mol. The van der Waals surface area contributed by atoms with Crippen molar-refractivity contribution in [2.24, 2.45) is 5.92 Å². The molecule has 2 rings (SSSR count). The second-order valence-electron chi connectivity index (χ2n) is 5.07. The first-order valence-electron chi connectivity index (χ1n) is 6.94. The van der Waals surface area contributed by atoms with E-state index in [1.165, 1.54) is 0 Å². The molecule has 1 aromatic carbocycles. The topological polar surface area (TPSA) is 87.2 Å². The summed E-state index contributed by atoms with van der Waals surface area (Å²) in [5, 5.41) is 9.94. The Morgan fingerprint density at radius 2 is 2.05 bits per heavy atom. The molecule has 1 aromatic heterocycles. The first-order chi connectivity index (χ1) is 9.89. The number of aliphatic carboxylic acids is 1. The van der Waals surface area contributed by atoms with Crippen LogP contribution < -0.4 is 0 Å². The average molecular weight is 309 g/mol. The number of carboxylic acids is 1. The lowest BCUT2D eigenvalue weighted by atomic mass is 9.97. The molecule has 5 nitrogen and oxygen atoms in total. The van der Waals surface area contributed by atoms with Crippen molar-refractivity contribution >= 4 is 26.7 Å². The molecule has 1 unspecified atom stereocenters. The molecule has 0 radical (unpaired) electrons. The molecule has 0 aliphatic heterocycles. The van der Waals surface area contributed by atoms with Crippen LogP contribution in [0.2, 0.25) is 0 Å². The number of aromatic nitrogens is 1. The Morgan fingerprint density at radius 3 is 2.62 bits per heavy atom. The molecule has 0 aliphatic rings. The Balaban J connectivity index is 2.47. The minimum Gasteiger partial charge on any atom is -0.481 e. The highest BCUT2D eigenvalue weighted by atomic mass is 32.2. The number of benzene rings is 1. The molecule has 2 aromatic rings. The van der Waals surface area contributed by atoms with Gasteiger partial charge < -0.3 is 10.1 Å². The Kier molecular flexibility index (Phi) is 4.37. The maximum atomic E-state index is 12.0. The van der Waals surface area contributed by atoms with E-state index in [4.69, 9.17) is 5.11 Å². The van der Waals surface area contributed by atoms with Gasteiger partial charge in [0.1, 0.15) is 0 Å². The summed E-state index contributed by atoms with van der Waals surface area (Å²) in [7, 11) is -3.26. The van der Waals surface area contributed by atoms with Gasteiger partial charge in [0.25, 0.3) is 0 Å². The molecule has 0 aliphatic carbocycles. The van der Waals surface area contributed by atoms with Gasteiger partial charge in [-0.25, -0.2) is 8.42 Å². The zero-order chi connectivity index (χ0) is 15.6. The van der Waals surface area contributed by atoms with Crippen LogP contribution in [0.25, 0.3) is 10.9 Å². The van der Waals surface area contributed by atoms with Gasteiger partial charge in [0.15, 0.2) is 9.84 Å². The summed E-state index contributed by atoms with van der Waals surface area (Å²) in [6, 6.07) is 4.94. The number of rotatable bonds is 6. The van der Waals surface area contributed by atoms with Crippen molar-refractivity contribution in [3.63, 3.8) is 0 Å². The molecular formula is C15H19NO4S. The van der Waals surface area contributed by atoms with Crippen LogP contribution >= 0.6 is 0 Å². The Hall–Kier alpha value is -1.82. The Bertz CT molecular complexity index is 761. The van der Waals surface area contributed by atoms with Gasteiger partial charge in [0.2, 0.25) is 0 Å². The van der Waals surface area contributed by atoms with Gasteiger partial charge in [-0.05, 0) is 36.6 Å². The zero-order valence-electron chi connectivity index (χ0n) is 12.1. The smallest absolute Gasteiger partial charge is 0.306 e. The number of hydrogen-bond donors (Lipinski definition) is 2. The molecule has 0 spiro atoms. The highest BCUT2D eigenvalue weighted by molar-refractivity contribution is 7.91. The van der Waals surface area contributed by atoms with Gasteiger partial charge in [-0.3, -0.25) is 4.79 Å². The molecule has 6 heteroatoms. The number of hydrogen-bond acceptors (Lipinski definition) is 3. The lowest BCUT2D eigenvalue weighted by molar-refractivity contribution is -0.141. The number of fused-ring (bicyclic) bond motifs is 1. The van der Waals surface area contributed by atoms with Crippen molar-refractivity contribution in [3.05, 3.63) is 30.0 Å². The number of aromatic amines is 1. The van der Waals surface area contributed by atoms with Crippen LogP contribution in [-0.4, -0.2) is 30.2 Å². The fourth-order valence-electron chi connectivity index (χ4n) is 2.36. The normalized spacial score (nSPS) is 13.4. The third kappa shape index (κ3) is 3.10. The third-order valence-corrected chi connectivity index (χ3v) is 5.52. The fourth-order valence-corrected chi connectivity index (χ4v) is 3.26. The number of carbonyl (C=O) groups is 1. The van der Waals surface area contributed by atoms with Crippen LogP contribution in [0, 0.1) is 5.92 Å². The summed E-state index contributed by atoms with van der Waals surface area (Å²) in [5.74, 6) is -1.25. The van der Waals surface area contributed by atoms with Crippen LogP contribution in [0.1, 0.15) is 25.8 Å². The van der Waals surface area contributed by atoms with E-state index in [-0.39, 0.29) is 10.6 Å². The highest BCUT2D eigenvalue weighted by Gasteiger charge is 2.19. The van der Waals surface area contributed by atoms with Crippen molar-refractivity contribution in [2.75, 3.05) is 5.75 Å². The monoisotopic (exact) mass is 309 g/mol. The van der Waals surface area contributed by atoms with E-state index in [1.807, 2.05) is 6.92 Å². The number of nitrogens with one attached hydrogen (secondary N) is 1. The fraction of sp³-hybridized carbons (Fsp3) is 0.400. The molecule has 21 heavy (non-hydrogen) atoms. The van der Waals surface area contributed by atoms with Gasteiger partial charge in [-0.15, -0.1) is 0 Å². The van der Waals surface area contributed by atoms with E-state index in [0.29, 0.717) is 12.8 Å². The zero-order valence-corrected chi connectivity index (χ0v) is 12.9. The minimum atomic E-state index is -3.26. The Morgan fingerprint density at radius 1 is 1.33 bits per heavy atom. The van der Waals surface area contributed by atoms with Crippen molar-refractivity contribution < 1.29 is 18.3 Å². The van der Waals surface area contributed by atoms with Gasteiger partial charge in [0.05, 0.1) is 16.6 Å². The van der Waals surface area contributed by atoms with Crippen LogP contribution in [-0.2, 0) is 21.1 Å². The molecule has 0 fully saturated rings. The van der Waals surface area contributed by atoms with E-state index in [1.54, 1.807) is 31.3 Å². The van der Waals surface area contributed by atoms with Crippen molar-refractivity contribution in [1.82, 2.24) is 4.98 Å². The maximum Gasteiger partial charge on any atom is 0.306 e. The molecule has 1 atom stereocenters. The molecule has 0 bridgehead atoms. The van der Waals surface area contributed by atoms with Gasteiger partial charge in [-0.2, -0.15) is 0 Å². The summed E-state index contributed by atoms with van der Waals surface area (Å²) in [4.78, 5) is 14.5. The minimum absolute atomic E-state index is 0.0466. The maximum absolute atomic E-state index is 12.0. The van der Waals surface area contributed by atoms with Crippen LogP contribution in [0.4, 0.5) is 0 Å². The molecule has 0 saturated carbocycles. The Labute approximate surface area is 123 Å². The van der Waals surface area contributed by atoms with Crippen LogP contribution in [0.15, 0.2) is 29.3 Å². The summed E-state index contributed by atoms with van der Waals surface area (Å²) in [6.45, 7) is 3.44. The predicted octanol–water partition coefficient (Wildman–Crippen LogP) is 2.61. The molecule has 1 heterocycles.